The first-order valence-corrected chi connectivity index (χ1v) is 9.67. The summed E-state index contributed by atoms with van der Waals surface area (Å²) in [6.07, 6.45) is 4.66. The molecule has 0 saturated carbocycles. The molecule has 2 aliphatic rings. The van der Waals surface area contributed by atoms with E-state index < -0.39 is 17.0 Å². The smallest absolute Gasteiger partial charge is 0.225 e. The zero-order chi connectivity index (χ0) is 19.2. The van der Waals surface area contributed by atoms with Crippen molar-refractivity contribution in [3.05, 3.63) is 47.8 Å². The van der Waals surface area contributed by atoms with Crippen molar-refractivity contribution in [3.63, 3.8) is 0 Å². The number of aliphatic imine (C=N–C) groups is 1. The molecule has 150 valence electrons. The summed E-state index contributed by atoms with van der Waals surface area (Å²) < 4.78 is 14.1. The third-order valence-electron chi connectivity index (χ3n) is 5.05. The highest BCUT2D eigenvalue weighted by Gasteiger charge is 2.51. The van der Waals surface area contributed by atoms with Crippen LogP contribution in [0.1, 0.15) is 25.1 Å². The van der Waals surface area contributed by atoms with Gasteiger partial charge in [0.25, 0.3) is 0 Å². The molecule has 28 heavy (non-hydrogen) atoms. The monoisotopic (exact) mass is 424 g/mol. The van der Waals surface area contributed by atoms with Gasteiger partial charge in [-0.1, -0.05) is 17.8 Å². The van der Waals surface area contributed by atoms with Gasteiger partial charge >= 0.3 is 0 Å². The Morgan fingerprint density at radius 1 is 1.39 bits per heavy atom. The SMILES string of the molecule is CC(C)(O)c1nc(N2C[C@H]3CSC(N)=NC3(c3cccnc3)C2)ncc1F.Cl. The molecule has 0 radical (unpaired) electrons. The minimum Gasteiger partial charge on any atom is -0.384 e. The Bertz CT molecular complexity index is 893. The lowest BCUT2D eigenvalue weighted by atomic mass is 9.83. The maximum absolute atomic E-state index is 14.1. The van der Waals surface area contributed by atoms with Gasteiger partial charge in [0.2, 0.25) is 5.95 Å². The van der Waals surface area contributed by atoms with Crippen LogP contribution in [0.4, 0.5) is 10.3 Å². The summed E-state index contributed by atoms with van der Waals surface area (Å²) in [7, 11) is 0. The Kier molecular flexibility index (Phi) is 5.53. The van der Waals surface area contributed by atoms with Gasteiger partial charge in [0.05, 0.1) is 12.7 Å². The van der Waals surface area contributed by atoms with E-state index in [4.69, 9.17) is 10.7 Å². The standard InChI is InChI=1S/C18H21FN6OS.ClH/c1-17(2,26)14-13(19)7-22-16(23-14)25-8-12-9-27-15(20)24-18(12,10-25)11-4-3-5-21-6-11;/h3-7,12,26H,8-10H2,1-2H3,(H2,20,24);1H/t12-,18?;/m0./s1. The molecule has 2 aliphatic heterocycles. The van der Waals surface area contributed by atoms with E-state index >= 15 is 0 Å². The van der Waals surface area contributed by atoms with Gasteiger partial charge in [-0.25, -0.2) is 19.4 Å². The highest BCUT2D eigenvalue weighted by atomic mass is 35.5. The number of halogens is 2. The van der Waals surface area contributed by atoms with Crippen molar-refractivity contribution in [2.24, 2.45) is 16.6 Å². The van der Waals surface area contributed by atoms with Gasteiger partial charge in [0.1, 0.15) is 16.8 Å². The molecule has 4 rings (SSSR count). The summed E-state index contributed by atoms with van der Waals surface area (Å²) in [6.45, 7) is 4.19. The van der Waals surface area contributed by atoms with E-state index in [-0.39, 0.29) is 24.0 Å². The molecule has 2 aromatic heterocycles. The largest absolute Gasteiger partial charge is 0.384 e. The van der Waals surface area contributed by atoms with Crippen molar-refractivity contribution >= 4 is 35.3 Å². The first-order chi connectivity index (χ1) is 12.8. The number of hydrogen-bond donors (Lipinski definition) is 2. The Balaban J connectivity index is 0.00000225. The predicted octanol–water partition coefficient (Wildman–Crippen LogP) is 2.05. The van der Waals surface area contributed by atoms with Crippen molar-refractivity contribution in [2.75, 3.05) is 23.7 Å². The number of hydrogen-bond acceptors (Lipinski definition) is 8. The quantitative estimate of drug-likeness (QED) is 0.777. The molecule has 2 aromatic rings. The zero-order valence-corrected chi connectivity index (χ0v) is 17.2. The Morgan fingerprint density at radius 3 is 2.86 bits per heavy atom. The van der Waals surface area contributed by atoms with Crippen molar-refractivity contribution in [3.8, 4) is 0 Å². The van der Waals surface area contributed by atoms with E-state index in [9.17, 15) is 9.50 Å². The topological polar surface area (TPSA) is 101 Å². The van der Waals surface area contributed by atoms with Crippen LogP contribution >= 0.6 is 24.2 Å². The Morgan fingerprint density at radius 2 is 2.18 bits per heavy atom. The normalized spacial score (nSPS) is 24.4. The van der Waals surface area contributed by atoms with Crippen LogP contribution in [0.15, 0.2) is 35.7 Å². The van der Waals surface area contributed by atoms with Crippen LogP contribution in [-0.4, -0.2) is 44.1 Å². The fourth-order valence-electron chi connectivity index (χ4n) is 3.74. The molecule has 10 heteroatoms. The third-order valence-corrected chi connectivity index (χ3v) is 6.00. The minimum atomic E-state index is -1.40. The second kappa shape index (κ2) is 7.46. The zero-order valence-electron chi connectivity index (χ0n) is 15.5. The number of fused-ring (bicyclic) bond motifs is 1. The molecular formula is C18H22ClFN6OS. The number of aromatic nitrogens is 3. The molecule has 0 aromatic carbocycles. The van der Waals surface area contributed by atoms with Gasteiger partial charge in [-0.3, -0.25) is 4.98 Å². The van der Waals surface area contributed by atoms with Crippen LogP contribution in [0.3, 0.4) is 0 Å². The number of amidine groups is 1. The predicted molar refractivity (Wildman–Crippen MR) is 110 cm³/mol. The molecule has 2 atom stereocenters. The van der Waals surface area contributed by atoms with Crippen LogP contribution in [0.25, 0.3) is 0 Å². The Hall–Kier alpha value is -1.97. The van der Waals surface area contributed by atoms with Crippen molar-refractivity contribution in [2.45, 2.75) is 25.0 Å². The van der Waals surface area contributed by atoms with Crippen molar-refractivity contribution < 1.29 is 9.50 Å². The van der Waals surface area contributed by atoms with E-state index in [1.54, 1.807) is 6.20 Å². The van der Waals surface area contributed by atoms with Gasteiger partial charge in [0, 0.05) is 36.2 Å². The van der Waals surface area contributed by atoms with Crippen LogP contribution in [0.2, 0.25) is 0 Å². The van der Waals surface area contributed by atoms with Crippen LogP contribution < -0.4 is 10.6 Å². The summed E-state index contributed by atoms with van der Waals surface area (Å²) in [5.41, 5.74) is 5.10. The van der Waals surface area contributed by atoms with Gasteiger partial charge in [-0.05, 0) is 19.9 Å². The minimum absolute atomic E-state index is 0. The van der Waals surface area contributed by atoms with E-state index in [1.165, 1.54) is 25.6 Å². The molecule has 0 bridgehead atoms. The number of rotatable bonds is 3. The average molecular weight is 425 g/mol. The summed E-state index contributed by atoms with van der Waals surface area (Å²) in [5, 5.41) is 10.8. The number of nitrogens with zero attached hydrogens (tertiary/aromatic N) is 5. The van der Waals surface area contributed by atoms with E-state index in [2.05, 4.69) is 15.0 Å². The lowest BCUT2D eigenvalue weighted by Crippen LogP contribution is -2.40. The lowest BCUT2D eigenvalue weighted by Gasteiger charge is -2.34. The van der Waals surface area contributed by atoms with Gasteiger partial charge in [-0.15, -0.1) is 12.4 Å². The van der Waals surface area contributed by atoms with E-state index in [0.717, 1.165) is 17.5 Å². The molecule has 4 heterocycles. The number of nitrogens with two attached hydrogens (primary N) is 1. The van der Waals surface area contributed by atoms with Gasteiger partial charge in [0.15, 0.2) is 11.0 Å². The maximum Gasteiger partial charge on any atom is 0.225 e. The van der Waals surface area contributed by atoms with E-state index in [0.29, 0.717) is 24.2 Å². The number of aliphatic hydroxyl groups is 1. The molecule has 1 saturated heterocycles. The second-order valence-electron chi connectivity index (χ2n) is 7.43. The van der Waals surface area contributed by atoms with Crippen molar-refractivity contribution in [1.29, 1.82) is 0 Å². The third kappa shape index (κ3) is 3.54. The molecule has 0 aliphatic carbocycles. The molecular weight excluding hydrogens is 403 g/mol. The lowest BCUT2D eigenvalue weighted by molar-refractivity contribution is 0.0693. The van der Waals surface area contributed by atoms with Crippen LogP contribution in [0, 0.1) is 11.7 Å². The van der Waals surface area contributed by atoms with Crippen LogP contribution in [0.5, 0.6) is 0 Å². The second-order valence-corrected chi connectivity index (χ2v) is 8.47. The summed E-state index contributed by atoms with van der Waals surface area (Å²) in [4.78, 5) is 19.5. The molecule has 7 nitrogen and oxygen atoms in total. The maximum atomic E-state index is 14.1. The van der Waals surface area contributed by atoms with Gasteiger partial charge < -0.3 is 15.7 Å². The highest BCUT2D eigenvalue weighted by Crippen LogP contribution is 2.45. The fraction of sp³-hybridized carbons (Fsp3) is 0.444. The number of thioether (sulfide) groups is 1. The summed E-state index contributed by atoms with van der Waals surface area (Å²) in [5.74, 6) is 0.770. The van der Waals surface area contributed by atoms with E-state index in [1.807, 2.05) is 23.2 Å². The van der Waals surface area contributed by atoms with Crippen LogP contribution in [-0.2, 0) is 11.1 Å². The summed E-state index contributed by atoms with van der Waals surface area (Å²) in [6, 6.07) is 3.89. The fourth-order valence-corrected chi connectivity index (χ4v) is 4.72. The molecule has 3 N–H and O–H groups in total. The highest BCUT2D eigenvalue weighted by molar-refractivity contribution is 8.13. The van der Waals surface area contributed by atoms with Gasteiger partial charge in [-0.2, -0.15) is 0 Å². The average Bonchev–Trinajstić information content (AvgIpc) is 3.02. The molecule has 1 fully saturated rings. The Labute approximate surface area is 173 Å². The summed E-state index contributed by atoms with van der Waals surface area (Å²) >= 11 is 1.53. The number of anilines is 1. The molecule has 1 unspecified atom stereocenters. The first kappa shape index (κ1) is 20.8. The molecule has 0 spiro atoms. The number of pyridine rings is 1. The first-order valence-electron chi connectivity index (χ1n) is 8.68. The molecule has 0 amide bonds. The van der Waals surface area contributed by atoms with Crippen molar-refractivity contribution in [1.82, 2.24) is 15.0 Å².